The highest BCUT2D eigenvalue weighted by Gasteiger charge is 2.14. The molecule has 1 rings (SSSR count). The van der Waals surface area contributed by atoms with Gasteiger partial charge in [-0.25, -0.2) is 0 Å². The van der Waals surface area contributed by atoms with Crippen molar-refractivity contribution in [2.24, 2.45) is 0 Å². The lowest BCUT2D eigenvalue weighted by Crippen LogP contribution is -2.12. The molecule has 0 N–H and O–H groups in total. The van der Waals surface area contributed by atoms with Gasteiger partial charge in [0.15, 0.2) is 0 Å². The minimum atomic E-state index is 0.611. The molecule has 0 aliphatic carbocycles. The van der Waals surface area contributed by atoms with E-state index in [1.807, 2.05) is 13.0 Å². The van der Waals surface area contributed by atoms with Crippen LogP contribution in [0.1, 0.15) is 6.92 Å². The molecule has 1 aliphatic rings. The van der Waals surface area contributed by atoms with E-state index in [1.54, 1.807) is 0 Å². The van der Waals surface area contributed by atoms with Crippen LogP contribution >= 0.6 is 0 Å². The van der Waals surface area contributed by atoms with E-state index in [9.17, 15) is 0 Å². The molecule has 1 aliphatic heterocycles. The molecular formula is C11H14O. The van der Waals surface area contributed by atoms with Gasteiger partial charge in [-0.15, -0.1) is 0 Å². The first-order chi connectivity index (χ1) is 5.66. The third-order valence-corrected chi connectivity index (χ3v) is 1.88. The van der Waals surface area contributed by atoms with Gasteiger partial charge in [0.05, 0.1) is 13.2 Å². The molecule has 1 nitrogen and oxygen atoms in total. The van der Waals surface area contributed by atoms with Crippen molar-refractivity contribution in [2.75, 3.05) is 13.2 Å². The van der Waals surface area contributed by atoms with Crippen LogP contribution in [0.25, 0.3) is 0 Å². The third-order valence-electron chi connectivity index (χ3n) is 1.88. The quantitative estimate of drug-likeness (QED) is 0.606. The van der Waals surface area contributed by atoms with E-state index in [0.29, 0.717) is 13.2 Å². The van der Waals surface area contributed by atoms with Crippen LogP contribution in [0.15, 0.2) is 48.1 Å². The third kappa shape index (κ3) is 1.56. The molecule has 0 aromatic heterocycles. The van der Waals surface area contributed by atoms with Crippen LogP contribution in [-0.4, -0.2) is 13.2 Å². The number of ether oxygens (including phenoxy) is 1. The predicted octanol–water partition coefficient (Wildman–Crippen LogP) is 2.63. The maximum absolute atomic E-state index is 5.30. The Morgan fingerprint density at radius 3 is 2.58 bits per heavy atom. The summed E-state index contributed by atoms with van der Waals surface area (Å²) in [5, 5.41) is 0. The average molecular weight is 162 g/mol. The summed E-state index contributed by atoms with van der Waals surface area (Å²) >= 11 is 0. The molecule has 0 spiro atoms. The molecule has 0 amide bonds. The Balaban J connectivity index is 3.12. The molecule has 0 unspecified atom stereocenters. The summed E-state index contributed by atoms with van der Waals surface area (Å²) in [5.74, 6) is 0. The van der Waals surface area contributed by atoms with Gasteiger partial charge >= 0.3 is 0 Å². The summed E-state index contributed by atoms with van der Waals surface area (Å²) < 4.78 is 5.30. The number of allylic oxidation sites excluding steroid dienone is 1. The lowest BCUT2D eigenvalue weighted by Gasteiger charge is -2.21. The highest BCUT2D eigenvalue weighted by atomic mass is 16.5. The second-order valence-electron chi connectivity index (χ2n) is 2.98. The van der Waals surface area contributed by atoms with Crippen LogP contribution in [-0.2, 0) is 4.74 Å². The highest BCUT2D eigenvalue weighted by Crippen LogP contribution is 2.25. The van der Waals surface area contributed by atoms with Crippen molar-refractivity contribution in [3.63, 3.8) is 0 Å². The van der Waals surface area contributed by atoms with Gasteiger partial charge in [-0.2, -0.15) is 0 Å². The first-order valence-electron chi connectivity index (χ1n) is 3.94. The van der Waals surface area contributed by atoms with Crippen LogP contribution in [0.5, 0.6) is 0 Å². The molecule has 0 saturated carbocycles. The largest absolute Gasteiger partial charge is 0.372 e. The van der Waals surface area contributed by atoms with E-state index in [1.165, 1.54) is 0 Å². The topological polar surface area (TPSA) is 9.23 Å². The molecule has 1 heteroatoms. The molecule has 1 heterocycles. The van der Waals surface area contributed by atoms with Crippen LogP contribution in [0.4, 0.5) is 0 Å². The zero-order valence-electron chi connectivity index (χ0n) is 7.52. The van der Waals surface area contributed by atoms with E-state index < -0.39 is 0 Å². The van der Waals surface area contributed by atoms with Crippen LogP contribution in [0.2, 0.25) is 0 Å². The Hall–Kier alpha value is -1.08. The minimum absolute atomic E-state index is 0.611. The van der Waals surface area contributed by atoms with Crippen LogP contribution < -0.4 is 0 Å². The summed E-state index contributed by atoms with van der Waals surface area (Å²) in [4.78, 5) is 0. The summed E-state index contributed by atoms with van der Waals surface area (Å²) in [6, 6.07) is 0. The maximum Gasteiger partial charge on any atom is 0.0727 e. The highest BCUT2D eigenvalue weighted by molar-refractivity contribution is 5.51. The zero-order chi connectivity index (χ0) is 9.14. The standard InChI is InChI=1S/C11H14O/c1-5-10-7-12-6-9(4)11(10)8(2)3/h5H,1-2,4,6-7H2,3H3. The fourth-order valence-electron chi connectivity index (χ4n) is 1.39. The monoisotopic (exact) mass is 162 g/mol. The first-order valence-corrected chi connectivity index (χ1v) is 3.94. The fourth-order valence-corrected chi connectivity index (χ4v) is 1.39. The van der Waals surface area contributed by atoms with Crippen molar-refractivity contribution < 1.29 is 4.74 Å². The van der Waals surface area contributed by atoms with Gasteiger partial charge in [0.2, 0.25) is 0 Å². The molecule has 0 aromatic carbocycles. The Kier molecular flexibility index (Phi) is 2.66. The van der Waals surface area contributed by atoms with Crippen molar-refractivity contribution in [3.05, 3.63) is 48.1 Å². The average Bonchev–Trinajstić information content (AvgIpc) is 2.03. The second kappa shape index (κ2) is 3.55. The smallest absolute Gasteiger partial charge is 0.0727 e. The lowest BCUT2D eigenvalue weighted by atomic mass is 9.94. The summed E-state index contributed by atoms with van der Waals surface area (Å²) in [5.41, 5.74) is 4.27. The molecular weight excluding hydrogens is 148 g/mol. The van der Waals surface area contributed by atoms with Gasteiger partial charge in [-0.05, 0) is 23.6 Å². The molecule has 0 atom stereocenters. The summed E-state index contributed by atoms with van der Waals surface area (Å²) in [6.45, 7) is 14.8. The predicted molar refractivity (Wildman–Crippen MR) is 52.0 cm³/mol. The van der Waals surface area contributed by atoms with Gasteiger partial charge in [0.25, 0.3) is 0 Å². The van der Waals surface area contributed by atoms with Crippen molar-refractivity contribution in [1.82, 2.24) is 0 Å². The van der Waals surface area contributed by atoms with Crippen LogP contribution in [0.3, 0.4) is 0 Å². The van der Waals surface area contributed by atoms with E-state index in [2.05, 4.69) is 19.7 Å². The van der Waals surface area contributed by atoms with E-state index in [0.717, 1.165) is 22.3 Å². The van der Waals surface area contributed by atoms with Crippen molar-refractivity contribution in [1.29, 1.82) is 0 Å². The molecule has 0 aromatic rings. The normalized spacial score (nSPS) is 17.9. The van der Waals surface area contributed by atoms with Crippen molar-refractivity contribution >= 4 is 0 Å². The van der Waals surface area contributed by atoms with Gasteiger partial charge < -0.3 is 4.74 Å². The van der Waals surface area contributed by atoms with Crippen molar-refractivity contribution in [3.8, 4) is 0 Å². The van der Waals surface area contributed by atoms with E-state index in [4.69, 9.17) is 4.74 Å². The SMILES string of the molecule is C=CC1=C(C(=C)C)C(=C)COC1. The Morgan fingerprint density at radius 1 is 1.50 bits per heavy atom. The van der Waals surface area contributed by atoms with Gasteiger partial charge in [-0.3, -0.25) is 0 Å². The van der Waals surface area contributed by atoms with Gasteiger partial charge in [0, 0.05) is 0 Å². The Labute approximate surface area is 73.7 Å². The Morgan fingerprint density at radius 2 is 2.17 bits per heavy atom. The van der Waals surface area contributed by atoms with E-state index in [-0.39, 0.29) is 0 Å². The lowest BCUT2D eigenvalue weighted by molar-refractivity contribution is 0.175. The number of hydrogen-bond acceptors (Lipinski definition) is 1. The van der Waals surface area contributed by atoms with Gasteiger partial charge in [0.1, 0.15) is 0 Å². The summed E-state index contributed by atoms with van der Waals surface area (Å²) in [7, 11) is 0. The molecule has 0 radical (unpaired) electrons. The van der Waals surface area contributed by atoms with Crippen molar-refractivity contribution in [2.45, 2.75) is 6.92 Å². The first kappa shape index (κ1) is 9.01. The number of rotatable bonds is 2. The van der Waals surface area contributed by atoms with E-state index >= 15 is 0 Å². The molecule has 12 heavy (non-hydrogen) atoms. The maximum atomic E-state index is 5.30. The molecule has 0 fully saturated rings. The fraction of sp³-hybridized carbons (Fsp3) is 0.273. The molecule has 0 saturated heterocycles. The molecule has 64 valence electrons. The Bertz CT molecular complexity index is 269. The zero-order valence-corrected chi connectivity index (χ0v) is 7.52. The minimum Gasteiger partial charge on any atom is -0.372 e. The second-order valence-corrected chi connectivity index (χ2v) is 2.98. The number of hydrogen-bond donors (Lipinski definition) is 0. The molecule has 0 bridgehead atoms. The van der Waals surface area contributed by atoms with Gasteiger partial charge in [-0.1, -0.05) is 31.4 Å². The van der Waals surface area contributed by atoms with Crippen LogP contribution in [0, 0.1) is 0 Å². The summed E-state index contributed by atoms with van der Waals surface area (Å²) in [6.07, 6.45) is 1.81.